The van der Waals surface area contributed by atoms with Crippen molar-refractivity contribution in [3.63, 3.8) is 0 Å². The zero-order valence-electron chi connectivity index (χ0n) is 8.66. The SMILES string of the molecule is Cc1nn(-c2ccc(Cl)cc2)c(N)c1C. The normalized spacial score (nSPS) is 10.6. The van der Waals surface area contributed by atoms with Gasteiger partial charge in [0, 0.05) is 10.6 Å². The Morgan fingerprint density at radius 3 is 2.27 bits per heavy atom. The van der Waals surface area contributed by atoms with E-state index in [2.05, 4.69) is 5.10 Å². The Labute approximate surface area is 93.5 Å². The Balaban J connectivity index is 2.54. The lowest BCUT2D eigenvalue weighted by atomic mass is 10.3. The van der Waals surface area contributed by atoms with E-state index in [1.807, 2.05) is 38.1 Å². The highest BCUT2D eigenvalue weighted by molar-refractivity contribution is 6.30. The number of nitrogen functional groups attached to an aromatic ring is 1. The molecule has 0 spiro atoms. The van der Waals surface area contributed by atoms with Gasteiger partial charge in [0.2, 0.25) is 0 Å². The lowest BCUT2D eigenvalue weighted by Gasteiger charge is -2.03. The van der Waals surface area contributed by atoms with Crippen molar-refractivity contribution < 1.29 is 0 Å². The van der Waals surface area contributed by atoms with Crippen LogP contribution in [-0.2, 0) is 0 Å². The molecule has 1 aromatic heterocycles. The van der Waals surface area contributed by atoms with Gasteiger partial charge in [-0.2, -0.15) is 5.10 Å². The van der Waals surface area contributed by atoms with E-state index in [4.69, 9.17) is 17.3 Å². The third kappa shape index (κ3) is 1.70. The van der Waals surface area contributed by atoms with Crippen LogP contribution in [0.15, 0.2) is 24.3 Å². The molecule has 1 heterocycles. The van der Waals surface area contributed by atoms with Crippen LogP contribution in [0.2, 0.25) is 5.02 Å². The summed E-state index contributed by atoms with van der Waals surface area (Å²) in [6.07, 6.45) is 0. The van der Waals surface area contributed by atoms with Crippen molar-refractivity contribution in [1.82, 2.24) is 9.78 Å². The van der Waals surface area contributed by atoms with E-state index >= 15 is 0 Å². The minimum Gasteiger partial charge on any atom is -0.383 e. The van der Waals surface area contributed by atoms with Gasteiger partial charge < -0.3 is 5.73 Å². The van der Waals surface area contributed by atoms with Crippen LogP contribution in [0, 0.1) is 13.8 Å². The maximum Gasteiger partial charge on any atom is 0.130 e. The standard InChI is InChI=1S/C11H12ClN3/c1-7-8(2)14-15(11(7)13)10-5-3-9(12)4-6-10/h3-6H,13H2,1-2H3. The summed E-state index contributed by atoms with van der Waals surface area (Å²) >= 11 is 5.81. The number of nitrogens with two attached hydrogens (primary N) is 1. The smallest absolute Gasteiger partial charge is 0.130 e. The van der Waals surface area contributed by atoms with Crippen LogP contribution >= 0.6 is 11.6 Å². The van der Waals surface area contributed by atoms with Gasteiger partial charge in [-0.05, 0) is 38.1 Å². The molecule has 0 atom stereocenters. The number of halogens is 1. The number of hydrogen-bond donors (Lipinski definition) is 1. The van der Waals surface area contributed by atoms with E-state index in [0.29, 0.717) is 10.8 Å². The zero-order chi connectivity index (χ0) is 11.0. The summed E-state index contributed by atoms with van der Waals surface area (Å²) in [4.78, 5) is 0. The molecule has 2 aromatic rings. The molecule has 0 amide bonds. The average molecular weight is 222 g/mol. The Bertz CT molecular complexity index is 485. The first-order valence-corrected chi connectivity index (χ1v) is 5.05. The van der Waals surface area contributed by atoms with Gasteiger partial charge in [-0.15, -0.1) is 0 Å². The van der Waals surface area contributed by atoms with Gasteiger partial charge in [-0.25, -0.2) is 4.68 Å². The average Bonchev–Trinajstić information content (AvgIpc) is 2.47. The van der Waals surface area contributed by atoms with Crippen LogP contribution < -0.4 is 5.73 Å². The summed E-state index contributed by atoms with van der Waals surface area (Å²) < 4.78 is 1.72. The van der Waals surface area contributed by atoms with Gasteiger partial charge in [0.15, 0.2) is 0 Å². The van der Waals surface area contributed by atoms with E-state index in [0.717, 1.165) is 16.9 Å². The molecule has 2 rings (SSSR count). The van der Waals surface area contributed by atoms with E-state index in [9.17, 15) is 0 Å². The van der Waals surface area contributed by atoms with Crippen LogP contribution in [0.5, 0.6) is 0 Å². The van der Waals surface area contributed by atoms with Crippen LogP contribution in [0.3, 0.4) is 0 Å². The first kappa shape index (κ1) is 10.1. The second-order valence-electron chi connectivity index (χ2n) is 3.48. The number of aromatic nitrogens is 2. The van der Waals surface area contributed by atoms with Gasteiger partial charge in [-0.1, -0.05) is 11.6 Å². The second kappa shape index (κ2) is 3.59. The van der Waals surface area contributed by atoms with Crippen LogP contribution in [0.4, 0.5) is 5.82 Å². The molecule has 0 aliphatic rings. The van der Waals surface area contributed by atoms with Gasteiger partial charge in [-0.3, -0.25) is 0 Å². The van der Waals surface area contributed by atoms with Gasteiger partial charge >= 0.3 is 0 Å². The van der Waals surface area contributed by atoms with E-state index in [1.54, 1.807) is 4.68 Å². The minimum atomic E-state index is 0.676. The molecule has 0 saturated heterocycles. The predicted octanol–water partition coefficient (Wildman–Crippen LogP) is 2.72. The molecule has 0 bridgehead atoms. The third-order valence-corrected chi connectivity index (χ3v) is 2.73. The summed E-state index contributed by atoms with van der Waals surface area (Å²) in [5, 5.41) is 5.06. The predicted molar refractivity (Wildman–Crippen MR) is 62.5 cm³/mol. The Morgan fingerprint density at radius 2 is 1.80 bits per heavy atom. The molecule has 15 heavy (non-hydrogen) atoms. The number of anilines is 1. The van der Waals surface area contributed by atoms with Crippen molar-refractivity contribution in [1.29, 1.82) is 0 Å². The fourth-order valence-electron chi connectivity index (χ4n) is 1.40. The van der Waals surface area contributed by atoms with Crippen LogP contribution in [0.25, 0.3) is 5.69 Å². The Kier molecular flexibility index (Phi) is 2.40. The highest BCUT2D eigenvalue weighted by Gasteiger charge is 2.09. The highest BCUT2D eigenvalue weighted by atomic mass is 35.5. The Hall–Kier alpha value is -1.48. The quantitative estimate of drug-likeness (QED) is 0.805. The van der Waals surface area contributed by atoms with Crippen molar-refractivity contribution in [2.24, 2.45) is 0 Å². The molecule has 1 aromatic carbocycles. The number of nitrogens with zero attached hydrogens (tertiary/aromatic N) is 2. The summed E-state index contributed by atoms with van der Waals surface area (Å²) in [6.45, 7) is 3.90. The summed E-state index contributed by atoms with van der Waals surface area (Å²) in [5.41, 5.74) is 8.83. The molecule has 0 aliphatic carbocycles. The largest absolute Gasteiger partial charge is 0.383 e. The van der Waals surface area contributed by atoms with Gasteiger partial charge in [0.25, 0.3) is 0 Å². The fraction of sp³-hybridized carbons (Fsp3) is 0.182. The Morgan fingerprint density at radius 1 is 1.20 bits per heavy atom. The maximum absolute atomic E-state index is 5.94. The van der Waals surface area contributed by atoms with Crippen molar-refractivity contribution in [2.45, 2.75) is 13.8 Å². The molecule has 0 saturated carbocycles. The molecule has 4 heteroatoms. The summed E-state index contributed by atoms with van der Waals surface area (Å²) in [6, 6.07) is 7.43. The number of rotatable bonds is 1. The van der Waals surface area contributed by atoms with Gasteiger partial charge in [0.1, 0.15) is 5.82 Å². The van der Waals surface area contributed by atoms with Crippen LogP contribution in [-0.4, -0.2) is 9.78 Å². The number of benzene rings is 1. The number of aryl methyl sites for hydroxylation is 1. The molecule has 0 radical (unpaired) electrons. The highest BCUT2D eigenvalue weighted by Crippen LogP contribution is 2.20. The van der Waals surface area contributed by atoms with Crippen LogP contribution in [0.1, 0.15) is 11.3 Å². The minimum absolute atomic E-state index is 0.676. The van der Waals surface area contributed by atoms with Gasteiger partial charge in [0.05, 0.1) is 11.4 Å². The molecule has 0 unspecified atom stereocenters. The first-order chi connectivity index (χ1) is 7.09. The molecule has 0 fully saturated rings. The fourth-order valence-corrected chi connectivity index (χ4v) is 1.53. The van der Waals surface area contributed by atoms with E-state index in [1.165, 1.54) is 0 Å². The lowest BCUT2D eigenvalue weighted by Crippen LogP contribution is -2.01. The number of hydrogen-bond acceptors (Lipinski definition) is 2. The van der Waals surface area contributed by atoms with Crippen molar-refractivity contribution in [3.05, 3.63) is 40.5 Å². The van der Waals surface area contributed by atoms with Crippen molar-refractivity contribution in [2.75, 3.05) is 5.73 Å². The summed E-state index contributed by atoms with van der Waals surface area (Å²) in [5.74, 6) is 0.676. The monoisotopic (exact) mass is 221 g/mol. The second-order valence-corrected chi connectivity index (χ2v) is 3.92. The van der Waals surface area contributed by atoms with E-state index in [-0.39, 0.29) is 0 Å². The third-order valence-electron chi connectivity index (χ3n) is 2.48. The van der Waals surface area contributed by atoms with E-state index < -0.39 is 0 Å². The summed E-state index contributed by atoms with van der Waals surface area (Å²) in [7, 11) is 0. The molecule has 3 nitrogen and oxygen atoms in total. The lowest BCUT2D eigenvalue weighted by molar-refractivity contribution is 0.872. The molecule has 78 valence electrons. The maximum atomic E-state index is 5.94. The first-order valence-electron chi connectivity index (χ1n) is 4.67. The molecule has 0 aliphatic heterocycles. The zero-order valence-corrected chi connectivity index (χ0v) is 9.42. The molecule has 2 N–H and O–H groups in total. The molecular formula is C11H12ClN3. The van der Waals surface area contributed by atoms with Crippen molar-refractivity contribution >= 4 is 17.4 Å². The van der Waals surface area contributed by atoms with Crippen molar-refractivity contribution in [3.8, 4) is 5.69 Å². The topological polar surface area (TPSA) is 43.8 Å². The molecular weight excluding hydrogens is 210 g/mol.